The van der Waals surface area contributed by atoms with Crippen LogP contribution in [0.2, 0.25) is 0 Å². The van der Waals surface area contributed by atoms with E-state index in [0.717, 1.165) is 36.8 Å². The van der Waals surface area contributed by atoms with Crippen LogP contribution in [-0.4, -0.2) is 24.0 Å². The zero-order chi connectivity index (χ0) is 10.7. The third-order valence-corrected chi connectivity index (χ3v) is 3.98. The van der Waals surface area contributed by atoms with Crippen LogP contribution in [0.4, 0.5) is 5.13 Å². The summed E-state index contributed by atoms with van der Waals surface area (Å²) >= 11 is 10.9. The number of rotatable bonds is 3. The van der Waals surface area contributed by atoms with Crippen LogP contribution in [0.3, 0.4) is 0 Å². The summed E-state index contributed by atoms with van der Waals surface area (Å²) in [7, 11) is 0. The van der Waals surface area contributed by atoms with Gasteiger partial charge < -0.3 is 4.90 Å². The maximum Gasteiger partial charge on any atom is 0.185 e. The van der Waals surface area contributed by atoms with Crippen molar-refractivity contribution < 1.29 is 0 Å². The number of aryl methyl sites for hydroxylation is 1. The van der Waals surface area contributed by atoms with Crippen molar-refractivity contribution in [1.29, 1.82) is 0 Å². The molecule has 0 saturated carbocycles. The predicted octanol–water partition coefficient (Wildman–Crippen LogP) is 3.41. The fraction of sp³-hybridized carbons (Fsp3) is 0.500. The van der Waals surface area contributed by atoms with Crippen LogP contribution in [0.5, 0.6) is 0 Å². The second-order valence-corrected chi connectivity index (χ2v) is 5.65. The minimum absolute atomic E-state index is 0.646. The molecule has 1 aromatic heterocycles. The van der Waals surface area contributed by atoms with E-state index in [1.807, 2.05) is 0 Å². The molecule has 2 nitrogen and oxygen atoms in total. The maximum atomic E-state index is 5.69. The average molecular weight is 308 g/mol. The molecule has 5 heteroatoms. The summed E-state index contributed by atoms with van der Waals surface area (Å²) in [5, 5.41) is 3.21. The Labute approximate surface area is 107 Å². The van der Waals surface area contributed by atoms with Gasteiger partial charge in [0.2, 0.25) is 0 Å². The summed E-state index contributed by atoms with van der Waals surface area (Å²) < 4.78 is 1.25. The molecule has 1 aliphatic heterocycles. The molecule has 0 spiro atoms. The standard InChI is InChI=1S/C10H12BrClN2S/c11-8-2-1-5-14(6-8)10-13-9(3-4-12)7-15-10/h2,7H,1,3-6H2. The van der Waals surface area contributed by atoms with Crippen LogP contribution < -0.4 is 4.90 Å². The predicted molar refractivity (Wildman–Crippen MR) is 70.4 cm³/mol. The van der Waals surface area contributed by atoms with Crippen molar-refractivity contribution in [1.82, 2.24) is 4.98 Å². The lowest BCUT2D eigenvalue weighted by Gasteiger charge is -2.24. The highest BCUT2D eigenvalue weighted by atomic mass is 79.9. The SMILES string of the molecule is ClCCc1csc(N2CCC=C(Br)C2)n1. The summed E-state index contributed by atoms with van der Waals surface area (Å²) in [6.45, 7) is 2.00. The molecule has 0 saturated heterocycles. The van der Waals surface area contributed by atoms with Crippen molar-refractivity contribution in [3.63, 3.8) is 0 Å². The van der Waals surface area contributed by atoms with E-state index in [1.165, 1.54) is 4.48 Å². The molecule has 0 atom stereocenters. The first-order valence-electron chi connectivity index (χ1n) is 4.89. The Morgan fingerprint density at radius 2 is 2.47 bits per heavy atom. The zero-order valence-electron chi connectivity index (χ0n) is 8.25. The van der Waals surface area contributed by atoms with Crippen LogP contribution in [0.25, 0.3) is 0 Å². The Balaban J connectivity index is 2.06. The average Bonchev–Trinajstić information content (AvgIpc) is 2.67. The highest BCUT2D eigenvalue weighted by Crippen LogP contribution is 2.25. The molecule has 0 N–H and O–H groups in total. The normalized spacial score (nSPS) is 16.7. The second-order valence-electron chi connectivity index (χ2n) is 3.42. The van der Waals surface area contributed by atoms with Crippen molar-refractivity contribution in [3.05, 3.63) is 21.6 Å². The minimum atomic E-state index is 0.646. The molecule has 1 aromatic rings. The molecule has 0 radical (unpaired) electrons. The summed E-state index contributed by atoms with van der Waals surface area (Å²) in [5.74, 6) is 0.646. The molecule has 1 aliphatic rings. The Morgan fingerprint density at radius 3 is 3.20 bits per heavy atom. The Kier molecular flexibility index (Phi) is 4.05. The van der Waals surface area contributed by atoms with Gasteiger partial charge in [0.1, 0.15) is 0 Å². The van der Waals surface area contributed by atoms with E-state index in [9.17, 15) is 0 Å². The van der Waals surface area contributed by atoms with Crippen molar-refractivity contribution in [3.8, 4) is 0 Å². The minimum Gasteiger partial charge on any atom is -0.343 e. The molecular weight excluding hydrogens is 296 g/mol. The Morgan fingerprint density at radius 1 is 1.60 bits per heavy atom. The van der Waals surface area contributed by atoms with Gasteiger partial charge in [0, 0.05) is 28.7 Å². The lowest BCUT2D eigenvalue weighted by Crippen LogP contribution is -2.28. The maximum absolute atomic E-state index is 5.69. The summed E-state index contributed by atoms with van der Waals surface area (Å²) in [6, 6.07) is 0. The number of nitrogens with zero attached hydrogens (tertiary/aromatic N) is 2. The zero-order valence-corrected chi connectivity index (χ0v) is 11.4. The number of alkyl halides is 1. The van der Waals surface area contributed by atoms with Gasteiger partial charge in [-0.2, -0.15) is 0 Å². The fourth-order valence-electron chi connectivity index (χ4n) is 1.52. The topological polar surface area (TPSA) is 16.1 Å². The molecule has 2 rings (SSSR count). The molecule has 0 unspecified atom stereocenters. The van der Waals surface area contributed by atoms with Gasteiger partial charge in [-0.3, -0.25) is 0 Å². The van der Waals surface area contributed by atoms with E-state index in [1.54, 1.807) is 11.3 Å². The van der Waals surface area contributed by atoms with E-state index < -0.39 is 0 Å². The van der Waals surface area contributed by atoms with E-state index in [4.69, 9.17) is 11.6 Å². The third kappa shape index (κ3) is 2.95. The van der Waals surface area contributed by atoms with Crippen molar-refractivity contribution in [2.75, 3.05) is 23.9 Å². The number of halogens is 2. The van der Waals surface area contributed by atoms with Gasteiger partial charge in [0.15, 0.2) is 5.13 Å². The monoisotopic (exact) mass is 306 g/mol. The fourth-order valence-corrected chi connectivity index (χ4v) is 3.13. The van der Waals surface area contributed by atoms with Crippen LogP contribution in [0.15, 0.2) is 15.9 Å². The quantitative estimate of drug-likeness (QED) is 0.796. The molecular formula is C10H12BrClN2S. The third-order valence-electron chi connectivity index (χ3n) is 2.27. The van der Waals surface area contributed by atoms with Crippen LogP contribution in [-0.2, 0) is 6.42 Å². The highest BCUT2D eigenvalue weighted by Gasteiger charge is 2.14. The lowest BCUT2D eigenvalue weighted by molar-refractivity contribution is 0.808. The van der Waals surface area contributed by atoms with Gasteiger partial charge in [0.25, 0.3) is 0 Å². The summed E-state index contributed by atoms with van der Waals surface area (Å²) in [4.78, 5) is 6.87. The van der Waals surface area contributed by atoms with Gasteiger partial charge in [-0.25, -0.2) is 4.98 Å². The Bertz CT molecular complexity index is 364. The van der Waals surface area contributed by atoms with E-state index in [2.05, 4.69) is 37.3 Å². The largest absolute Gasteiger partial charge is 0.343 e. The first kappa shape index (κ1) is 11.4. The van der Waals surface area contributed by atoms with Crippen LogP contribution in [0.1, 0.15) is 12.1 Å². The number of anilines is 1. The first-order valence-corrected chi connectivity index (χ1v) is 7.10. The van der Waals surface area contributed by atoms with Crippen LogP contribution in [0, 0.1) is 0 Å². The lowest BCUT2D eigenvalue weighted by atomic mass is 10.3. The Hall–Kier alpha value is -0.0600. The molecule has 0 aromatic carbocycles. The molecule has 0 fully saturated rings. The number of thiazole rings is 1. The van der Waals surface area contributed by atoms with Crippen molar-refractivity contribution in [2.45, 2.75) is 12.8 Å². The van der Waals surface area contributed by atoms with Gasteiger partial charge >= 0.3 is 0 Å². The second kappa shape index (κ2) is 5.32. The number of hydrogen-bond acceptors (Lipinski definition) is 3. The molecule has 15 heavy (non-hydrogen) atoms. The number of hydrogen-bond donors (Lipinski definition) is 0. The summed E-state index contributed by atoms with van der Waals surface area (Å²) in [6.07, 6.45) is 4.18. The van der Waals surface area contributed by atoms with E-state index in [-0.39, 0.29) is 0 Å². The van der Waals surface area contributed by atoms with Crippen molar-refractivity contribution >= 4 is 44.0 Å². The molecule has 0 aliphatic carbocycles. The van der Waals surface area contributed by atoms with Gasteiger partial charge in [-0.1, -0.05) is 22.0 Å². The highest BCUT2D eigenvalue weighted by molar-refractivity contribution is 9.11. The molecule has 2 heterocycles. The molecule has 0 amide bonds. The summed E-state index contributed by atoms with van der Waals surface area (Å²) in [5.41, 5.74) is 1.11. The van der Waals surface area contributed by atoms with Gasteiger partial charge in [0.05, 0.1) is 12.2 Å². The van der Waals surface area contributed by atoms with Gasteiger partial charge in [-0.15, -0.1) is 22.9 Å². The van der Waals surface area contributed by atoms with Crippen molar-refractivity contribution in [2.24, 2.45) is 0 Å². The smallest absolute Gasteiger partial charge is 0.185 e. The van der Waals surface area contributed by atoms with E-state index >= 15 is 0 Å². The number of aromatic nitrogens is 1. The van der Waals surface area contributed by atoms with E-state index in [0.29, 0.717) is 5.88 Å². The van der Waals surface area contributed by atoms with Crippen LogP contribution >= 0.6 is 38.9 Å². The first-order chi connectivity index (χ1) is 7.29. The molecule has 0 bridgehead atoms. The molecule has 82 valence electrons. The van der Waals surface area contributed by atoms with Gasteiger partial charge in [-0.05, 0) is 6.42 Å².